The van der Waals surface area contributed by atoms with Crippen molar-refractivity contribution >= 4 is 23.5 Å². The molecule has 0 spiro atoms. The highest BCUT2D eigenvalue weighted by Crippen LogP contribution is 2.35. The first-order chi connectivity index (χ1) is 12.1. The summed E-state index contributed by atoms with van der Waals surface area (Å²) in [6.45, 7) is 3.91. The zero-order valence-electron chi connectivity index (χ0n) is 14.1. The molecule has 0 saturated heterocycles. The van der Waals surface area contributed by atoms with Crippen molar-refractivity contribution < 1.29 is 19.0 Å². The van der Waals surface area contributed by atoms with Crippen molar-refractivity contribution in [2.24, 2.45) is 0 Å². The molecule has 0 amide bonds. The smallest absolute Gasteiger partial charge is 0.189 e. The Bertz CT molecular complexity index is 796. The van der Waals surface area contributed by atoms with Crippen molar-refractivity contribution in [2.45, 2.75) is 0 Å². The van der Waals surface area contributed by atoms with Gasteiger partial charge in [0.15, 0.2) is 17.3 Å². The Balaban J connectivity index is 2.37. The topological polar surface area (TPSA) is 44.8 Å². The summed E-state index contributed by atoms with van der Waals surface area (Å²) in [5.74, 6) is 1.09. The minimum absolute atomic E-state index is 0.233. The largest absolute Gasteiger partial charge is 0.496 e. The molecule has 0 N–H and O–H groups in total. The predicted octanol–water partition coefficient (Wildman–Crippen LogP) is 4.82. The molecule has 4 nitrogen and oxygen atoms in total. The Morgan fingerprint density at radius 2 is 1.84 bits per heavy atom. The van der Waals surface area contributed by atoms with Crippen molar-refractivity contribution in [1.82, 2.24) is 0 Å². The number of ketones is 1. The van der Waals surface area contributed by atoms with Crippen LogP contribution in [-0.2, 0) is 0 Å². The Hall–Kier alpha value is -2.72. The van der Waals surface area contributed by atoms with E-state index in [1.54, 1.807) is 30.4 Å². The fourth-order valence-electron chi connectivity index (χ4n) is 2.19. The Morgan fingerprint density at radius 1 is 1.12 bits per heavy atom. The molecule has 2 rings (SSSR count). The molecule has 0 heterocycles. The number of halogens is 1. The number of methoxy groups -OCH3 is 2. The molecule has 0 aliphatic rings. The number of carbonyl (C=O) groups is 1. The van der Waals surface area contributed by atoms with Crippen LogP contribution >= 0.6 is 11.6 Å². The summed E-state index contributed by atoms with van der Waals surface area (Å²) in [5.41, 5.74) is 1.12. The first-order valence-electron chi connectivity index (χ1n) is 7.57. The summed E-state index contributed by atoms with van der Waals surface area (Å²) >= 11 is 6.10. The lowest BCUT2D eigenvalue weighted by molar-refractivity contribution is 0.104. The lowest BCUT2D eigenvalue weighted by Crippen LogP contribution is -2.03. The van der Waals surface area contributed by atoms with Gasteiger partial charge in [-0.25, -0.2) is 0 Å². The molecule has 0 aliphatic carbocycles. The van der Waals surface area contributed by atoms with E-state index in [0.717, 1.165) is 5.56 Å². The summed E-state index contributed by atoms with van der Waals surface area (Å²) in [5, 5.41) is 0.572. The van der Waals surface area contributed by atoms with Crippen LogP contribution in [0.25, 0.3) is 6.08 Å². The minimum Gasteiger partial charge on any atom is -0.496 e. The fraction of sp³-hybridized carbons (Fsp3) is 0.150. The molecular weight excluding hydrogens is 340 g/mol. The van der Waals surface area contributed by atoms with Crippen LogP contribution in [0.4, 0.5) is 0 Å². The summed E-state index contributed by atoms with van der Waals surface area (Å²) in [4.78, 5) is 12.6. The van der Waals surface area contributed by atoms with Crippen LogP contribution in [-0.4, -0.2) is 26.6 Å². The number of hydrogen-bond acceptors (Lipinski definition) is 4. The summed E-state index contributed by atoms with van der Waals surface area (Å²) in [6.07, 6.45) is 4.73. The average Bonchev–Trinajstić information content (AvgIpc) is 2.64. The van der Waals surface area contributed by atoms with Gasteiger partial charge >= 0.3 is 0 Å². The second-order valence-corrected chi connectivity index (χ2v) is 5.43. The molecule has 0 aromatic heterocycles. The first-order valence-corrected chi connectivity index (χ1v) is 7.95. The van der Waals surface area contributed by atoms with Crippen LogP contribution in [0.1, 0.15) is 15.9 Å². The quantitative estimate of drug-likeness (QED) is 0.385. The minimum atomic E-state index is -0.233. The van der Waals surface area contributed by atoms with Gasteiger partial charge in [-0.05, 0) is 29.8 Å². The van der Waals surface area contributed by atoms with Gasteiger partial charge in [-0.1, -0.05) is 42.5 Å². The monoisotopic (exact) mass is 358 g/mol. The van der Waals surface area contributed by atoms with E-state index >= 15 is 0 Å². The van der Waals surface area contributed by atoms with Gasteiger partial charge in [0.25, 0.3) is 0 Å². The average molecular weight is 359 g/mol. The molecule has 0 atom stereocenters. The predicted molar refractivity (Wildman–Crippen MR) is 100 cm³/mol. The summed E-state index contributed by atoms with van der Waals surface area (Å²) in [7, 11) is 3.02. The van der Waals surface area contributed by atoms with Crippen molar-refractivity contribution in [3.8, 4) is 17.2 Å². The van der Waals surface area contributed by atoms with E-state index in [9.17, 15) is 4.79 Å². The maximum atomic E-state index is 12.6. The molecule has 0 fully saturated rings. The van der Waals surface area contributed by atoms with E-state index in [4.69, 9.17) is 25.8 Å². The molecule has 2 aromatic rings. The van der Waals surface area contributed by atoms with Crippen LogP contribution in [0.5, 0.6) is 17.2 Å². The maximum absolute atomic E-state index is 12.6. The zero-order valence-corrected chi connectivity index (χ0v) is 14.9. The van der Waals surface area contributed by atoms with E-state index in [2.05, 4.69) is 6.58 Å². The second-order valence-electron chi connectivity index (χ2n) is 5.02. The van der Waals surface area contributed by atoms with E-state index in [1.165, 1.54) is 20.3 Å². The van der Waals surface area contributed by atoms with Crippen LogP contribution < -0.4 is 14.2 Å². The van der Waals surface area contributed by atoms with Crippen LogP contribution in [0.15, 0.2) is 55.1 Å². The molecule has 5 heteroatoms. The second kappa shape index (κ2) is 8.94. The van der Waals surface area contributed by atoms with Gasteiger partial charge in [0.05, 0.1) is 19.8 Å². The SMILES string of the molecule is C=CCOc1cc(C(=O)C=Cc2ccccc2Cl)c(OC)cc1OC. The Kier molecular flexibility index (Phi) is 6.66. The molecule has 130 valence electrons. The fourth-order valence-corrected chi connectivity index (χ4v) is 2.39. The highest BCUT2D eigenvalue weighted by Gasteiger charge is 2.16. The lowest BCUT2D eigenvalue weighted by Gasteiger charge is -2.13. The molecular formula is C20H19ClO4. The van der Waals surface area contributed by atoms with E-state index < -0.39 is 0 Å². The number of allylic oxidation sites excluding steroid dienone is 1. The zero-order chi connectivity index (χ0) is 18.2. The number of benzene rings is 2. The van der Waals surface area contributed by atoms with E-state index in [-0.39, 0.29) is 5.78 Å². The van der Waals surface area contributed by atoms with Crippen molar-refractivity contribution in [2.75, 3.05) is 20.8 Å². The van der Waals surface area contributed by atoms with Crippen LogP contribution in [0, 0.1) is 0 Å². The van der Waals surface area contributed by atoms with Gasteiger partial charge in [-0.15, -0.1) is 0 Å². The van der Waals surface area contributed by atoms with Crippen molar-refractivity contribution in [3.05, 3.63) is 71.3 Å². The summed E-state index contributed by atoms with van der Waals surface area (Å²) < 4.78 is 16.1. The van der Waals surface area contributed by atoms with Gasteiger partial charge in [-0.2, -0.15) is 0 Å². The molecule has 0 radical (unpaired) electrons. The van der Waals surface area contributed by atoms with E-state index in [1.807, 2.05) is 18.2 Å². The molecule has 2 aromatic carbocycles. The third kappa shape index (κ3) is 4.64. The van der Waals surface area contributed by atoms with Gasteiger partial charge in [-0.3, -0.25) is 4.79 Å². The van der Waals surface area contributed by atoms with Gasteiger partial charge in [0, 0.05) is 11.1 Å². The number of ether oxygens (including phenoxy) is 3. The highest BCUT2D eigenvalue weighted by molar-refractivity contribution is 6.32. The Morgan fingerprint density at radius 3 is 2.48 bits per heavy atom. The number of hydrogen-bond donors (Lipinski definition) is 0. The molecule has 0 bridgehead atoms. The molecule has 0 aliphatic heterocycles. The van der Waals surface area contributed by atoms with Crippen LogP contribution in [0.2, 0.25) is 5.02 Å². The maximum Gasteiger partial charge on any atom is 0.189 e. The molecule has 25 heavy (non-hydrogen) atoms. The third-order valence-corrected chi connectivity index (χ3v) is 3.77. The standard InChI is InChI=1S/C20H19ClO4/c1-4-11-25-20-12-15(18(23-2)13-19(20)24-3)17(22)10-9-14-7-5-6-8-16(14)21/h4-10,12-13H,1,11H2,2-3H3. The van der Waals surface area contributed by atoms with Gasteiger partial charge < -0.3 is 14.2 Å². The summed E-state index contributed by atoms with van der Waals surface area (Å²) in [6, 6.07) is 10.5. The van der Waals surface area contributed by atoms with Crippen molar-refractivity contribution in [1.29, 1.82) is 0 Å². The number of rotatable bonds is 8. The van der Waals surface area contributed by atoms with Gasteiger partial charge in [0.2, 0.25) is 0 Å². The van der Waals surface area contributed by atoms with Crippen LogP contribution in [0.3, 0.4) is 0 Å². The first kappa shape index (κ1) is 18.6. The normalized spacial score (nSPS) is 10.5. The van der Waals surface area contributed by atoms with Gasteiger partial charge in [0.1, 0.15) is 12.4 Å². The lowest BCUT2D eigenvalue weighted by atomic mass is 10.1. The molecule has 0 saturated carbocycles. The number of carbonyl (C=O) groups excluding carboxylic acids is 1. The van der Waals surface area contributed by atoms with E-state index in [0.29, 0.717) is 34.4 Å². The Labute approximate surface area is 152 Å². The third-order valence-electron chi connectivity index (χ3n) is 3.43. The van der Waals surface area contributed by atoms with Crippen molar-refractivity contribution in [3.63, 3.8) is 0 Å². The highest BCUT2D eigenvalue weighted by atomic mass is 35.5. The molecule has 0 unspecified atom stereocenters.